The van der Waals surface area contributed by atoms with Crippen LogP contribution in [0, 0.1) is 19.3 Å². The molecule has 0 unspecified atom stereocenters. The van der Waals surface area contributed by atoms with Crippen LogP contribution in [0.3, 0.4) is 0 Å². The molecule has 7 heteroatoms. The normalized spacial score (nSPS) is 12.0. The first kappa shape index (κ1) is 26.3. The maximum Gasteiger partial charge on any atom is 0.245 e. The standard InChI is InChI=1S/C28H38N4O3/c1-19-11-12-22(20(2)14-19)32-24(15-23(30-32)28(6,7)8)29-25(33)18-31(17-21-10-9-13-35-21)26(34)16-27(3,4)5/h9-15H,16-18H2,1-8H3,(H,29,33). The van der Waals surface area contributed by atoms with E-state index in [0.29, 0.717) is 18.0 Å². The molecular weight excluding hydrogens is 440 g/mol. The van der Waals surface area contributed by atoms with Gasteiger partial charge in [0, 0.05) is 17.9 Å². The Balaban J connectivity index is 1.89. The molecule has 0 radical (unpaired) electrons. The molecule has 1 N–H and O–H groups in total. The second-order valence-corrected chi connectivity index (χ2v) is 11.5. The van der Waals surface area contributed by atoms with Crippen molar-refractivity contribution < 1.29 is 14.0 Å². The van der Waals surface area contributed by atoms with Crippen molar-refractivity contribution in [2.45, 2.75) is 73.8 Å². The molecule has 0 saturated carbocycles. The summed E-state index contributed by atoms with van der Waals surface area (Å²) in [5, 5.41) is 7.83. The molecule has 0 bridgehead atoms. The zero-order valence-electron chi connectivity index (χ0n) is 22.2. The number of rotatable bonds is 7. The molecule has 3 rings (SSSR count). The van der Waals surface area contributed by atoms with E-state index in [1.165, 1.54) is 0 Å². The predicted molar refractivity (Wildman–Crippen MR) is 139 cm³/mol. The molecule has 0 saturated heterocycles. The topological polar surface area (TPSA) is 80.4 Å². The molecule has 1 aromatic carbocycles. The predicted octanol–water partition coefficient (Wildman–Crippen LogP) is 5.78. The molecule has 188 valence electrons. The minimum Gasteiger partial charge on any atom is -0.467 e. The summed E-state index contributed by atoms with van der Waals surface area (Å²) >= 11 is 0. The lowest BCUT2D eigenvalue weighted by molar-refractivity contribution is -0.137. The number of furan rings is 1. The van der Waals surface area contributed by atoms with Crippen LogP contribution in [0.15, 0.2) is 47.1 Å². The van der Waals surface area contributed by atoms with Crippen molar-refractivity contribution in [3.05, 3.63) is 65.2 Å². The minimum absolute atomic E-state index is 0.0848. The molecule has 0 fully saturated rings. The number of benzene rings is 1. The van der Waals surface area contributed by atoms with E-state index >= 15 is 0 Å². The van der Waals surface area contributed by atoms with Gasteiger partial charge in [0.2, 0.25) is 11.8 Å². The van der Waals surface area contributed by atoms with Crippen LogP contribution in [0.5, 0.6) is 0 Å². The maximum atomic E-state index is 13.2. The van der Waals surface area contributed by atoms with Crippen molar-refractivity contribution in [2.24, 2.45) is 5.41 Å². The first-order valence-corrected chi connectivity index (χ1v) is 12.0. The van der Waals surface area contributed by atoms with Gasteiger partial charge in [-0.1, -0.05) is 59.2 Å². The number of hydrogen-bond acceptors (Lipinski definition) is 4. The molecule has 0 spiro atoms. The fourth-order valence-electron chi connectivity index (χ4n) is 3.81. The molecule has 2 amide bonds. The average molecular weight is 479 g/mol. The summed E-state index contributed by atoms with van der Waals surface area (Å²) in [7, 11) is 0. The van der Waals surface area contributed by atoms with Crippen molar-refractivity contribution in [3.63, 3.8) is 0 Å². The Morgan fingerprint density at radius 1 is 1.06 bits per heavy atom. The fraction of sp³-hybridized carbons (Fsp3) is 0.464. The highest BCUT2D eigenvalue weighted by Gasteiger charge is 2.26. The van der Waals surface area contributed by atoms with Crippen molar-refractivity contribution in [1.29, 1.82) is 0 Å². The molecule has 35 heavy (non-hydrogen) atoms. The Bertz CT molecular complexity index is 1180. The molecule has 0 atom stereocenters. The molecular formula is C28H38N4O3. The second kappa shape index (κ2) is 10.1. The molecule has 0 aliphatic carbocycles. The maximum absolute atomic E-state index is 13.2. The van der Waals surface area contributed by atoms with Gasteiger partial charge in [-0.3, -0.25) is 9.59 Å². The Hall–Kier alpha value is -3.35. The Morgan fingerprint density at radius 3 is 2.34 bits per heavy atom. The Labute approximate surface area is 208 Å². The van der Waals surface area contributed by atoms with Gasteiger partial charge in [-0.15, -0.1) is 0 Å². The number of nitrogens with one attached hydrogen (secondary N) is 1. The highest BCUT2D eigenvalue weighted by molar-refractivity contribution is 5.94. The van der Waals surface area contributed by atoms with Gasteiger partial charge in [0.15, 0.2) is 0 Å². The monoisotopic (exact) mass is 478 g/mol. The largest absolute Gasteiger partial charge is 0.467 e. The Morgan fingerprint density at radius 2 is 1.77 bits per heavy atom. The van der Waals surface area contributed by atoms with Crippen LogP contribution in [-0.2, 0) is 21.5 Å². The molecule has 0 aliphatic heterocycles. The van der Waals surface area contributed by atoms with E-state index in [2.05, 4.69) is 32.2 Å². The summed E-state index contributed by atoms with van der Waals surface area (Å²) in [6.45, 7) is 16.5. The third-order valence-electron chi connectivity index (χ3n) is 5.62. The molecule has 2 aromatic heterocycles. The van der Waals surface area contributed by atoms with Gasteiger partial charge in [0.25, 0.3) is 0 Å². The van der Waals surface area contributed by atoms with E-state index < -0.39 is 0 Å². The zero-order valence-corrected chi connectivity index (χ0v) is 22.2. The number of hydrogen-bond donors (Lipinski definition) is 1. The summed E-state index contributed by atoms with van der Waals surface area (Å²) in [4.78, 5) is 27.8. The van der Waals surface area contributed by atoms with Crippen LogP contribution in [0.2, 0.25) is 0 Å². The number of anilines is 1. The van der Waals surface area contributed by atoms with Crippen LogP contribution in [-0.4, -0.2) is 33.0 Å². The van der Waals surface area contributed by atoms with Crippen molar-refractivity contribution in [1.82, 2.24) is 14.7 Å². The lowest BCUT2D eigenvalue weighted by atomic mass is 9.91. The lowest BCUT2D eigenvalue weighted by Crippen LogP contribution is -2.39. The van der Waals surface area contributed by atoms with Gasteiger partial charge in [-0.25, -0.2) is 4.68 Å². The first-order valence-electron chi connectivity index (χ1n) is 12.0. The summed E-state index contributed by atoms with van der Waals surface area (Å²) in [5.74, 6) is 0.830. The van der Waals surface area contributed by atoms with Crippen LogP contribution < -0.4 is 5.32 Å². The van der Waals surface area contributed by atoms with Gasteiger partial charge >= 0.3 is 0 Å². The quantitative estimate of drug-likeness (QED) is 0.467. The van der Waals surface area contributed by atoms with Gasteiger partial charge in [0.1, 0.15) is 18.1 Å². The van der Waals surface area contributed by atoms with Crippen LogP contribution in [0.4, 0.5) is 5.82 Å². The summed E-state index contributed by atoms with van der Waals surface area (Å²) < 4.78 is 7.22. The fourth-order valence-corrected chi connectivity index (χ4v) is 3.81. The lowest BCUT2D eigenvalue weighted by Gasteiger charge is -2.25. The second-order valence-electron chi connectivity index (χ2n) is 11.5. The number of carbonyl (C=O) groups is 2. The van der Waals surface area contributed by atoms with Gasteiger partial charge < -0.3 is 14.6 Å². The van der Waals surface area contributed by atoms with Crippen LogP contribution >= 0.6 is 0 Å². The van der Waals surface area contributed by atoms with Gasteiger partial charge in [-0.05, 0) is 43.0 Å². The SMILES string of the molecule is Cc1ccc(-n2nc(C(C)(C)C)cc2NC(=O)CN(Cc2ccco2)C(=O)CC(C)(C)C)c(C)c1. The third-order valence-corrected chi connectivity index (χ3v) is 5.62. The summed E-state index contributed by atoms with van der Waals surface area (Å²) in [6.07, 6.45) is 1.90. The van der Waals surface area contributed by atoms with E-state index in [9.17, 15) is 9.59 Å². The number of amides is 2. The average Bonchev–Trinajstić information content (AvgIpc) is 3.36. The number of carbonyl (C=O) groups excluding carboxylic acids is 2. The smallest absolute Gasteiger partial charge is 0.245 e. The highest BCUT2D eigenvalue weighted by Crippen LogP contribution is 2.28. The van der Waals surface area contributed by atoms with Gasteiger partial charge in [-0.2, -0.15) is 5.10 Å². The van der Waals surface area contributed by atoms with Gasteiger partial charge in [0.05, 0.1) is 24.2 Å². The highest BCUT2D eigenvalue weighted by atomic mass is 16.3. The van der Waals surface area contributed by atoms with E-state index in [1.54, 1.807) is 28.0 Å². The van der Waals surface area contributed by atoms with Crippen molar-refractivity contribution >= 4 is 17.6 Å². The van der Waals surface area contributed by atoms with E-state index in [1.807, 2.05) is 52.8 Å². The minimum atomic E-state index is -0.287. The first-order chi connectivity index (χ1) is 16.2. The van der Waals surface area contributed by atoms with E-state index in [-0.39, 0.29) is 35.7 Å². The Kier molecular flexibility index (Phi) is 7.58. The zero-order chi connectivity index (χ0) is 26.0. The molecule has 2 heterocycles. The summed E-state index contributed by atoms with van der Waals surface area (Å²) in [6, 6.07) is 11.6. The summed E-state index contributed by atoms with van der Waals surface area (Å²) in [5.41, 5.74) is 3.59. The number of nitrogens with zero attached hydrogens (tertiary/aromatic N) is 3. The van der Waals surface area contributed by atoms with Crippen LogP contribution in [0.1, 0.15) is 70.5 Å². The molecule has 7 nitrogen and oxygen atoms in total. The number of aryl methyl sites for hydroxylation is 2. The van der Waals surface area contributed by atoms with Crippen molar-refractivity contribution in [3.8, 4) is 5.69 Å². The van der Waals surface area contributed by atoms with Crippen molar-refractivity contribution in [2.75, 3.05) is 11.9 Å². The molecule has 3 aromatic rings. The third kappa shape index (κ3) is 7.07. The van der Waals surface area contributed by atoms with E-state index in [4.69, 9.17) is 9.52 Å². The van der Waals surface area contributed by atoms with E-state index in [0.717, 1.165) is 22.5 Å². The van der Waals surface area contributed by atoms with Crippen LogP contribution in [0.25, 0.3) is 5.69 Å². The number of aromatic nitrogens is 2. The molecule has 0 aliphatic rings.